The number of carbonyl (C=O) groups is 1. The first-order valence-corrected chi connectivity index (χ1v) is 3.67. The number of anilines is 1. The number of aromatic nitrogens is 2. The first-order valence-electron chi connectivity index (χ1n) is 3.67. The molecule has 0 aliphatic carbocycles. The van der Waals surface area contributed by atoms with Crippen LogP contribution in [-0.4, -0.2) is 22.5 Å². The van der Waals surface area contributed by atoms with E-state index in [1.54, 1.807) is 6.92 Å². The molecule has 0 saturated heterocycles. The van der Waals surface area contributed by atoms with Crippen LogP contribution in [0.1, 0.15) is 17.5 Å². The number of aromatic amines is 1. The lowest BCUT2D eigenvalue weighted by molar-refractivity contribution is 0.0511. The molecule has 0 atom stereocenters. The highest BCUT2D eigenvalue weighted by Gasteiger charge is 2.09. The topological polar surface area (TPSA) is 98.1 Å². The maximum absolute atomic E-state index is 11.0. The van der Waals surface area contributed by atoms with Crippen molar-refractivity contribution in [3.8, 4) is 0 Å². The molecular weight excluding hydrogens is 174 g/mol. The Hall–Kier alpha value is -1.85. The molecular formula is C7H9N3O3. The second-order valence-electron chi connectivity index (χ2n) is 2.24. The van der Waals surface area contributed by atoms with Crippen molar-refractivity contribution < 1.29 is 9.53 Å². The molecule has 0 amide bonds. The summed E-state index contributed by atoms with van der Waals surface area (Å²) in [6, 6.07) is 1.09. The molecule has 0 aromatic carbocycles. The zero-order chi connectivity index (χ0) is 9.84. The molecule has 0 spiro atoms. The normalized spacial score (nSPS) is 9.62. The van der Waals surface area contributed by atoms with Gasteiger partial charge >= 0.3 is 5.97 Å². The quantitative estimate of drug-likeness (QED) is 0.604. The summed E-state index contributed by atoms with van der Waals surface area (Å²) in [4.78, 5) is 27.7. The van der Waals surface area contributed by atoms with Gasteiger partial charge in [-0.05, 0) is 6.92 Å². The fourth-order valence-electron chi connectivity index (χ4n) is 0.773. The molecule has 13 heavy (non-hydrogen) atoms. The SMILES string of the molecule is CCOC(=O)c1nc(N)cc(=O)[nH]1. The largest absolute Gasteiger partial charge is 0.460 e. The van der Waals surface area contributed by atoms with Gasteiger partial charge in [-0.15, -0.1) is 0 Å². The Bertz CT molecular complexity index is 371. The van der Waals surface area contributed by atoms with E-state index < -0.39 is 11.5 Å². The summed E-state index contributed by atoms with van der Waals surface area (Å²) >= 11 is 0. The van der Waals surface area contributed by atoms with Crippen LogP contribution in [-0.2, 0) is 4.74 Å². The Kier molecular flexibility index (Phi) is 2.63. The van der Waals surface area contributed by atoms with Gasteiger partial charge in [-0.3, -0.25) is 4.79 Å². The van der Waals surface area contributed by atoms with Crippen molar-refractivity contribution in [3.63, 3.8) is 0 Å². The molecule has 1 heterocycles. The zero-order valence-electron chi connectivity index (χ0n) is 7.03. The lowest BCUT2D eigenvalue weighted by Gasteiger charge is -2.00. The van der Waals surface area contributed by atoms with Crippen molar-refractivity contribution in [3.05, 3.63) is 22.2 Å². The maximum Gasteiger partial charge on any atom is 0.374 e. The van der Waals surface area contributed by atoms with Gasteiger partial charge in [-0.1, -0.05) is 0 Å². The third kappa shape index (κ3) is 2.29. The van der Waals surface area contributed by atoms with Crippen LogP contribution in [0.15, 0.2) is 10.9 Å². The molecule has 0 aliphatic heterocycles. The van der Waals surface area contributed by atoms with E-state index in [1.807, 2.05) is 0 Å². The summed E-state index contributed by atoms with van der Waals surface area (Å²) in [5.41, 5.74) is 4.78. The van der Waals surface area contributed by atoms with Crippen LogP contribution >= 0.6 is 0 Å². The van der Waals surface area contributed by atoms with E-state index in [0.717, 1.165) is 6.07 Å². The van der Waals surface area contributed by atoms with Crippen LogP contribution in [0.4, 0.5) is 5.82 Å². The summed E-state index contributed by atoms with van der Waals surface area (Å²) in [7, 11) is 0. The number of rotatable bonds is 2. The highest BCUT2D eigenvalue weighted by molar-refractivity contribution is 5.85. The molecule has 0 saturated carbocycles. The highest BCUT2D eigenvalue weighted by Crippen LogP contribution is 1.94. The number of esters is 1. The van der Waals surface area contributed by atoms with Gasteiger partial charge in [0.05, 0.1) is 6.61 Å². The third-order valence-electron chi connectivity index (χ3n) is 1.23. The summed E-state index contributed by atoms with van der Waals surface area (Å²) in [5.74, 6) is -0.870. The highest BCUT2D eigenvalue weighted by atomic mass is 16.5. The lowest BCUT2D eigenvalue weighted by Crippen LogP contribution is -2.18. The van der Waals surface area contributed by atoms with Crippen molar-refractivity contribution in [2.75, 3.05) is 12.3 Å². The van der Waals surface area contributed by atoms with Crippen LogP contribution in [0.5, 0.6) is 0 Å². The van der Waals surface area contributed by atoms with Gasteiger partial charge in [0.1, 0.15) is 5.82 Å². The smallest absolute Gasteiger partial charge is 0.374 e. The molecule has 6 heteroatoms. The summed E-state index contributed by atoms with van der Waals surface area (Å²) in [6.45, 7) is 1.87. The molecule has 70 valence electrons. The second kappa shape index (κ2) is 3.70. The van der Waals surface area contributed by atoms with Crippen LogP contribution in [0.25, 0.3) is 0 Å². The van der Waals surface area contributed by atoms with Gasteiger partial charge in [0.15, 0.2) is 0 Å². The number of nitrogen functional groups attached to an aromatic ring is 1. The van der Waals surface area contributed by atoms with Crippen molar-refractivity contribution in [2.24, 2.45) is 0 Å². The number of carbonyl (C=O) groups excluding carboxylic acids is 1. The first kappa shape index (κ1) is 9.24. The number of hydrogen-bond donors (Lipinski definition) is 2. The van der Waals surface area contributed by atoms with E-state index in [9.17, 15) is 9.59 Å². The summed E-state index contributed by atoms with van der Waals surface area (Å²) < 4.78 is 4.61. The third-order valence-corrected chi connectivity index (χ3v) is 1.23. The van der Waals surface area contributed by atoms with Crippen LogP contribution < -0.4 is 11.3 Å². The van der Waals surface area contributed by atoms with Gasteiger partial charge < -0.3 is 15.5 Å². The molecule has 0 aliphatic rings. The van der Waals surface area contributed by atoms with E-state index >= 15 is 0 Å². The van der Waals surface area contributed by atoms with Crippen molar-refractivity contribution in [2.45, 2.75) is 6.92 Å². The molecule has 0 radical (unpaired) electrons. The van der Waals surface area contributed by atoms with Crippen LogP contribution in [0, 0.1) is 0 Å². The standard InChI is InChI=1S/C7H9N3O3/c1-2-13-7(12)6-9-4(8)3-5(11)10-6/h3H,2H2,1H3,(H3,8,9,10,11). The van der Waals surface area contributed by atoms with E-state index in [2.05, 4.69) is 14.7 Å². The number of nitrogens with zero attached hydrogens (tertiary/aromatic N) is 1. The average molecular weight is 183 g/mol. The van der Waals surface area contributed by atoms with Gasteiger partial charge in [-0.2, -0.15) is 0 Å². The molecule has 3 N–H and O–H groups in total. The maximum atomic E-state index is 11.0. The predicted molar refractivity (Wildman–Crippen MR) is 45.2 cm³/mol. The van der Waals surface area contributed by atoms with Crippen molar-refractivity contribution in [1.29, 1.82) is 0 Å². The number of nitrogens with one attached hydrogen (secondary N) is 1. The van der Waals surface area contributed by atoms with Crippen LogP contribution in [0.3, 0.4) is 0 Å². The molecule has 0 unspecified atom stereocenters. The molecule has 0 bridgehead atoms. The minimum Gasteiger partial charge on any atom is -0.460 e. The minimum atomic E-state index is -0.688. The van der Waals surface area contributed by atoms with Gasteiger partial charge in [0, 0.05) is 6.07 Å². The second-order valence-corrected chi connectivity index (χ2v) is 2.24. The first-order chi connectivity index (χ1) is 6.13. The molecule has 6 nitrogen and oxygen atoms in total. The Morgan fingerprint density at radius 2 is 2.46 bits per heavy atom. The van der Waals surface area contributed by atoms with Crippen molar-refractivity contribution >= 4 is 11.8 Å². The van der Waals surface area contributed by atoms with E-state index in [-0.39, 0.29) is 18.2 Å². The van der Waals surface area contributed by atoms with Crippen LogP contribution in [0.2, 0.25) is 0 Å². The molecule has 0 fully saturated rings. The number of H-pyrrole nitrogens is 1. The lowest BCUT2D eigenvalue weighted by atomic mass is 10.5. The van der Waals surface area contributed by atoms with Gasteiger partial charge in [0.25, 0.3) is 5.56 Å². The number of ether oxygens (including phenoxy) is 1. The van der Waals surface area contributed by atoms with E-state index in [0.29, 0.717) is 0 Å². The Labute approximate surface area is 73.7 Å². The fourth-order valence-corrected chi connectivity index (χ4v) is 0.773. The molecule has 1 aromatic rings. The fraction of sp³-hybridized carbons (Fsp3) is 0.286. The predicted octanol–water partition coefficient (Wildman–Crippen LogP) is -0.471. The van der Waals surface area contributed by atoms with Gasteiger partial charge in [0.2, 0.25) is 5.82 Å². The molecule has 1 aromatic heterocycles. The Morgan fingerprint density at radius 3 is 3.00 bits per heavy atom. The summed E-state index contributed by atoms with van der Waals surface area (Å²) in [6.07, 6.45) is 0. The monoisotopic (exact) mass is 183 g/mol. The number of nitrogens with two attached hydrogens (primary N) is 1. The van der Waals surface area contributed by atoms with Crippen molar-refractivity contribution in [1.82, 2.24) is 9.97 Å². The minimum absolute atomic E-state index is 0.00759. The van der Waals surface area contributed by atoms with E-state index in [1.165, 1.54) is 0 Å². The summed E-state index contributed by atoms with van der Waals surface area (Å²) in [5, 5.41) is 0. The average Bonchev–Trinajstić information content (AvgIpc) is 2.03. The molecule has 1 rings (SSSR count). The number of hydrogen-bond acceptors (Lipinski definition) is 5. The van der Waals surface area contributed by atoms with Gasteiger partial charge in [-0.25, -0.2) is 9.78 Å². The Balaban J connectivity index is 3.01. The Morgan fingerprint density at radius 1 is 1.77 bits per heavy atom. The van der Waals surface area contributed by atoms with E-state index in [4.69, 9.17) is 5.73 Å². The zero-order valence-corrected chi connectivity index (χ0v) is 7.03.